The first-order valence-electron chi connectivity index (χ1n) is 9.39. The Morgan fingerprint density at radius 1 is 0.818 bits per heavy atom. The van der Waals surface area contributed by atoms with Crippen molar-refractivity contribution >= 4 is 11.7 Å². The van der Waals surface area contributed by atoms with Crippen LogP contribution in [0.15, 0.2) is 0 Å². The first-order chi connectivity index (χ1) is 10.6. The molecule has 0 aliphatic rings. The van der Waals surface area contributed by atoms with Crippen molar-refractivity contribution in [3.05, 3.63) is 0 Å². The van der Waals surface area contributed by atoms with E-state index in [1.165, 1.54) is 19.3 Å². The molecule has 1 N–H and O–H groups in total. The number of ketones is 1. The van der Waals surface area contributed by atoms with E-state index in [9.17, 15) is 9.59 Å². The summed E-state index contributed by atoms with van der Waals surface area (Å²) in [5, 5.41) is 3.01. The summed E-state index contributed by atoms with van der Waals surface area (Å²) in [5.74, 6) is 0.271. The minimum Gasteiger partial charge on any atom is -0.346 e. The molecule has 130 valence electrons. The number of carbonyl (C=O) groups excluding carboxylic acids is 2. The molecule has 22 heavy (non-hydrogen) atoms. The molecule has 0 bridgehead atoms. The SMILES string of the molecule is CCCCCCC(C)C(=O)NC(CCCCC)C(=O)CCC. The minimum atomic E-state index is -0.267. The maximum atomic E-state index is 12.3. The highest BCUT2D eigenvalue weighted by Crippen LogP contribution is 2.13. The maximum Gasteiger partial charge on any atom is 0.223 e. The normalized spacial score (nSPS) is 13.6. The third-order valence-corrected chi connectivity index (χ3v) is 4.24. The molecule has 0 aliphatic carbocycles. The number of rotatable bonds is 14. The number of hydrogen-bond donors (Lipinski definition) is 1. The average Bonchev–Trinajstić information content (AvgIpc) is 2.50. The third-order valence-electron chi connectivity index (χ3n) is 4.24. The summed E-state index contributed by atoms with van der Waals surface area (Å²) < 4.78 is 0. The Labute approximate surface area is 137 Å². The van der Waals surface area contributed by atoms with Gasteiger partial charge in [0.15, 0.2) is 5.78 Å². The van der Waals surface area contributed by atoms with Crippen molar-refractivity contribution in [2.24, 2.45) is 5.92 Å². The summed E-state index contributed by atoms with van der Waals surface area (Å²) in [7, 11) is 0. The van der Waals surface area contributed by atoms with Crippen molar-refractivity contribution in [2.75, 3.05) is 0 Å². The molecule has 0 saturated carbocycles. The van der Waals surface area contributed by atoms with E-state index >= 15 is 0 Å². The van der Waals surface area contributed by atoms with Gasteiger partial charge in [0.2, 0.25) is 5.91 Å². The van der Waals surface area contributed by atoms with Crippen LogP contribution in [-0.2, 0) is 9.59 Å². The molecule has 2 unspecified atom stereocenters. The van der Waals surface area contributed by atoms with Crippen LogP contribution in [0.4, 0.5) is 0 Å². The number of carbonyl (C=O) groups is 2. The second-order valence-electron chi connectivity index (χ2n) is 6.52. The molecule has 0 rings (SSSR count). The summed E-state index contributed by atoms with van der Waals surface area (Å²) in [4.78, 5) is 24.5. The van der Waals surface area contributed by atoms with Gasteiger partial charge < -0.3 is 5.32 Å². The molecule has 0 radical (unpaired) electrons. The number of nitrogens with one attached hydrogen (secondary N) is 1. The largest absolute Gasteiger partial charge is 0.346 e. The van der Waals surface area contributed by atoms with Crippen molar-refractivity contribution in [2.45, 2.75) is 104 Å². The highest BCUT2D eigenvalue weighted by molar-refractivity contribution is 5.89. The Kier molecular flexibility index (Phi) is 13.2. The maximum absolute atomic E-state index is 12.3. The van der Waals surface area contributed by atoms with E-state index in [1.807, 2.05) is 13.8 Å². The Bertz CT molecular complexity index is 302. The van der Waals surface area contributed by atoms with Crippen LogP contribution in [0, 0.1) is 5.92 Å². The monoisotopic (exact) mass is 311 g/mol. The Morgan fingerprint density at radius 2 is 1.41 bits per heavy atom. The molecule has 0 aliphatic heterocycles. The van der Waals surface area contributed by atoms with Crippen molar-refractivity contribution < 1.29 is 9.59 Å². The smallest absolute Gasteiger partial charge is 0.223 e. The van der Waals surface area contributed by atoms with Crippen molar-refractivity contribution in [1.29, 1.82) is 0 Å². The summed E-state index contributed by atoms with van der Waals surface area (Å²) in [6.07, 6.45) is 11.2. The van der Waals surface area contributed by atoms with Crippen LogP contribution >= 0.6 is 0 Å². The number of unbranched alkanes of at least 4 members (excludes halogenated alkanes) is 5. The standard InChI is InChI=1S/C19H37NO2/c1-5-8-10-12-14-16(4)19(22)20-17(15-11-9-6-2)18(21)13-7-3/h16-17H,5-15H2,1-4H3,(H,20,22). The molecule has 1 amide bonds. The highest BCUT2D eigenvalue weighted by Gasteiger charge is 2.22. The second kappa shape index (κ2) is 13.8. The van der Waals surface area contributed by atoms with Gasteiger partial charge >= 0.3 is 0 Å². The first-order valence-corrected chi connectivity index (χ1v) is 9.39. The van der Waals surface area contributed by atoms with Crippen LogP contribution in [0.1, 0.15) is 98.3 Å². The molecule has 2 atom stereocenters. The lowest BCUT2D eigenvalue weighted by molar-refractivity contribution is -0.130. The lowest BCUT2D eigenvalue weighted by atomic mass is 9.98. The minimum absolute atomic E-state index is 0.0138. The van der Waals surface area contributed by atoms with Crippen molar-refractivity contribution in [3.63, 3.8) is 0 Å². The van der Waals surface area contributed by atoms with Gasteiger partial charge in [-0.2, -0.15) is 0 Å². The predicted molar refractivity (Wildman–Crippen MR) is 93.9 cm³/mol. The molecule has 0 fully saturated rings. The van der Waals surface area contributed by atoms with E-state index in [1.54, 1.807) is 0 Å². The van der Waals surface area contributed by atoms with Gasteiger partial charge in [0.05, 0.1) is 6.04 Å². The number of amides is 1. The molecule has 0 heterocycles. The van der Waals surface area contributed by atoms with Crippen molar-refractivity contribution in [1.82, 2.24) is 5.32 Å². The summed E-state index contributed by atoms with van der Waals surface area (Å²) in [6, 6.07) is -0.267. The predicted octanol–water partition coefficient (Wildman–Crippen LogP) is 5.03. The topological polar surface area (TPSA) is 46.2 Å². The molecule has 3 nitrogen and oxygen atoms in total. The molecule has 3 heteroatoms. The van der Waals surface area contributed by atoms with Gasteiger partial charge in [-0.05, 0) is 19.3 Å². The number of hydrogen-bond acceptors (Lipinski definition) is 2. The zero-order valence-electron chi connectivity index (χ0n) is 15.2. The summed E-state index contributed by atoms with van der Waals surface area (Å²) in [6.45, 7) is 8.34. The second-order valence-corrected chi connectivity index (χ2v) is 6.52. The van der Waals surface area contributed by atoms with E-state index in [-0.39, 0.29) is 23.7 Å². The molecular formula is C19H37NO2. The zero-order chi connectivity index (χ0) is 16.8. The van der Waals surface area contributed by atoms with Gasteiger partial charge in [0, 0.05) is 12.3 Å². The van der Waals surface area contributed by atoms with E-state index in [2.05, 4.69) is 19.2 Å². The van der Waals surface area contributed by atoms with E-state index in [0.717, 1.165) is 44.9 Å². The van der Waals surface area contributed by atoms with E-state index in [4.69, 9.17) is 0 Å². The van der Waals surface area contributed by atoms with E-state index in [0.29, 0.717) is 6.42 Å². The van der Waals surface area contributed by atoms with Crippen LogP contribution in [0.25, 0.3) is 0 Å². The quantitative estimate of drug-likeness (QED) is 0.457. The Balaban J connectivity index is 4.30. The summed E-state index contributed by atoms with van der Waals surface area (Å²) in [5.41, 5.74) is 0. The van der Waals surface area contributed by atoms with Gasteiger partial charge in [-0.3, -0.25) is 9.59 Å². The van der Waals surface area contributed by atoms with Crippen LogP contribution in [0.2, 0.25) is 0 Å². The Hall–Kier alpha value is -0.860. The fraction of sp³-hybridized carbons (Fsp3) is 0.895. The van der Waals surface area contributed by atoms with Crippen LogP contribution in [0.3, 0.4) is 0 Å². The van der Waals surface area contributed by atoms with Gasteiger partial charge in [0.25, 0.3) is 0 Å². The lowest BCUT2D eigenvalue weighted by Crippen LogP contribution is -2.43. The molecular weight excluding hydrogens is 274 g/mol. The van der Waals surface area contributed by atoms with Gasteiger partial charge in [0.1, 0.15) is 0 Å². The van der Waals surface area contributed by atoms with Crippen molar-refractivity contribution in [3.8, 4) is 0 Å². The van der Waals surface area contributed by atoms with Crippen LogP contribution in [-0.4, -0.2) is 17.7 Å². The average molecular weight is 312 g/mol. The molecule has 0 aromatic heterocycles. The lowest BCUT2D eigenvalue weighted by Gasteiger charge is -2.20. The number of Topliss-reactive ketones (excluding diaryl/α,β-unsaturated/α-hetero) is 1. The molecule has 0 aromatic carbocycles. The first kappa shape index (κ1) is 21.1. The summed E-state index contributed by atoms with van der Waals surface area (Å²) >= 11 is 0. The third kappa shape index (κ3) is 9.97. The molecule has 0 saturated heterocycles. The zero-order valence-corrected chi connectivity index (χ0v) is 15.2. The van der Waals surface area contributed by atoms with Crippen LogP contribution in [0.5, 0.6) is 0 Å². The van der Waals surface area contributed by atoms with Crippen LogP contribution < -0.4 is 5.32 Å². The Morgan fingerprint density at radius 3 is 2.00 bits per heavy atom. The van der Waals surface area contributed by atoms with E-state index < -0.39 is 0 Å². The highest BCUT2D eigenvalue weighted by atomic mass is 16.2. The fourth-order valence-corrected chi connectivity index (χ4v) is 2.66. The van der Waals surface area contributed by atoms with Gasteiger partial charge in [-0.25, -0.2) is 0 Å². The molecule has 0 aromatic rings. The van der Waals surface area contributed by atoms with Gasteiger partial charge in [-0.15, -0.1) is 0 Å². The fourth-order valence-electron chi connectivity index (χ4n) is 2.66. The van der Waals surface area contributed by atoms with Gasteiger partial charge in [-0.1, -0.05) is 72.6 Å². The molecule has 0 spiro atoms.